The van der Waals surface area contributed by atoms with Crippen LogP contribution in [0.15, 0.2) is 48.5 Å². The van der Waals surface area contributed by atoms with Gasteiger partial charge in [-0.25, -0.2) is 0 Å². The summed E-state index contributed by atoms with van der Waals surface area (Å²) < 4.78 is 39.6. The number of ketones is 1. The van der Waals surface area contributed by atoms with Gasteiger partial charge in [-0.15, -0.1) is 0 Å². The van der Waals surface area contributed by atoms with Crippen molar-refractivity contribution in [3.8, 4) is 11.5 Å². The molecule has 1 unspecified atom stereocenters. The van der Waals surface area contributed by atoms with E-state index in [4.69, 9.17) is 9.47 Å². The molecule has 0 fully saturated rings. The zero-order chi connectivity index (χ0) is 22.1. The lowest BCUT2D eigenvalue weighted by atomic mass is 10.1. The van der Waals surface area contributed by atoms with Gasteiger partial charge < -0.3 is 19.5 Å². The summed E-state index contributed by atoms with van der Waals surface area (Å²) in [5.74, 6) is -1.16. The summed E-state index contributed by atoms with van der Waals surface area (Å²) in [6.45, 7) is -0.229. The second-order valence-corrected chi connectivity index (χ2v) is 6.18. The molecule has 0 saturated carbocycles. The Balaban J connectivity index is 1.79. The van der Waals surface area contributed by atoms with E-state index in [9.17, 15) is 23.2 Å². The van der Waals surface area contributed by atoms with Gasteiger partial charge in [-0.2, -0.15) is 8.78 Å². The van der Waals surface area contributed by atoms with Crippen molar-refractivity contribution in [2.75, 3.05) is 11.9 Å². The number of hydrogen-bond donors (Lipinski definition) is 1. The highest BCUT2D eigenvalue weighted by Crippen LogP contribution is 2.25. The molecule has 160 valence electrons. The van der Waals surface area contributed by atoms with Crippen molar-refractivity contribution in [2.45, 2.75) is 33.0 Å². The number of halogens is 2. The first kappa shape index (κ1) is 22.8. The Morgan fingerprint density at radius 3 is 2.33 bits per heavy atom. The van der Waals surface area contributed by atoms with Crippen LogP contribution in [0.1, 0.15) is 30.6 Å². The Kier molecular flexibility index (Phi) is 8.28. The first-order valence-electron chi connectivity index (χ1n) is 9.04. The Bertz CT molecular complexity index is 885. The van der Waals surface area contributed by atoms with Gasteiger partial charge >= 0.3 is 12.6 Å². The third-order valence-electron chi connectivity index (χ3n) is 3.87. The SMILES string of the molecule is CC(=O)c1ccc(OCCC(=O)OC(C)C(=O)Nc2ccccc2OC(F)F)cc1. The molecular formula is C21H21F2NO6. The van der Waals surface area contributed by atoms with Crippen molar-refractivity contribution >= 4 is 23.3 Å². The molecule has 30 heavy (non-hydrogen) atoms. The van der Waals surface area contributed by atoms with E-state index in [1.54, 1.807) is 24.3 Å². The summed E-state index contributed by atoms with van der Waals surface area (Å²) in [4.78, 5) is 35.3. The van der Waals surface area contributed by atoms with Crippen molar-refractivity contribution in [3.05, 3.63) is 54.1 Å². The van der Waals surface area contributed by atoms with Gasteiger partial charge in [0.05, 0.1) is 18.7 Å². The van der Waals surface area contributed by atoms with Crippen molar-refractivity contribution in [1.82, 2.24) is 0 Å². The second kappa shape index (κ2) is 10.9. The molecule has 0 heterocycles. The van der Waals surface area contributed by atoms with E-state index in [-0.39, 0.29) is 30.2 Å². The number of esters is 1. The third-order valence-corrected chi connectivity index (χ3v) is 3.87. The minimum absolute atomic E-state index is 0.0116. The lowest BCUT2D eigenvalue weighted by molar-refractivity contribution is -0.153. The molecule has 0 saturated heterocycles. The van der Waals surface area contributed by atoms with Crippen LogP contribution in [-0.4, -0.2) is 37.0 Å². The molecule has 1 atom stereocenters. The Morgan fingerprint density at radius 1 is 1.03 bits per heavy atom. The van der Waals surface area contributed by atoms with Crippen LogP contribution in [0.4, 0.5) is 14.5 Å². The van der Waals surface area contributed by atoms with Gasteiger partial charge in [-0.3, -0.25) is 14.4 Å². The van der Waals surface area contributed by atoms with Crippen LogP contribution >= 0.6 is 0 Å². The van der Waals surface area contributed by atoms with Gasteiger partial charge in [0.15, 0.2) is 11.9 Å². The molecule has 1 N–H and O–H groups in total. The summed E-state index contributed by atoms with van der Waals surface area (Å²) in [6.07, 6.45) is -1.27. The van der Waals surface area contributed by atoms with Crippen molar-refractivity contribution in [3.63, 3.8) is 0 Å². The summed E-state index contributed by atoms with van der Waals surface area (Å²) >= 11 is 0. The van der Waals surface area contributed by atoms with E-state index in [0.29, 0.717) is 11.3 Å². The van der Waals surface area contributed by atoms with Gasteiger partial charge in [0.1, 0.15) is 11.5 Å². The molecule has 1 amide bonds. The average molecular weight is 421 g/mol. The van der Waals surface area contributed by atoms with Crippen LogP contribution in [0.2, 0.25) is 0 Å². The second-order valence-electron chi connectivity index (χ2n) is 6.18. The van der Waals surface area contributed by atoms with E-state index in [2.05, 4.69) is 10.1 Å². The number of anilines is 1. The molecule has 0 aromatic heterocycles. The van der Waals surface area contributed by atoms with Crippen molar-refractivity contribution < 1.29 is 37.4 Å². The van der Waals surface area contributed by atoms with Crippen molar-refractivity contribution in [1.29, 1.82) is 0 Å². The quantitative estimate of drug-likeness (QED) is 0.463. The number of rotatable bonds is 10. The number of Topliss-reactive ketones (excluding diaryl/α,β-unsaturated/α-hetero) is 1. The van der Waals surface area contributed by atoms with E-state index in [1.807, 2.05) is 0 Å². The first-order chi connectivity index (χ1) is 14.3. The molecule has 0 spiro atoms. The molecular weight excluding hydrogens is 400 g/mol. The highest BCUT2D eigenvalue weighted by molar-refractivity contribution is 5.96. The number of para-hydroxylation sites is 2. The predicted octanol–water partition coefficient (Wildman–Crippen LogP) is 3.83. The van der Waals surface area contributed by atoms with Crippen LogP contribution in [0.3, 0.4) is 0 Å². The topological polar surface area (TPSA) is 90.9 Å². The maximum Gasteiger partial charge on any atom is 0.387 e. The highest BCUT2D eigenvalue weighted by atomic mass is 19.3. The number of benzene rings is 2. The molecule has 0 bridgehead atoms. The van der Waals surface area contributed by atoms with Gasteiger partial charge in [-0.05, 0) is 50.2 Å². The standard InChI is InChI=1S/C21H21F2NO6/c1-13(25)15-7-9-16(10-8-15)28-12-11-19(26)29-14(2)20(27)24-17-5-3-4-6-18(17)30-21(22)23/h3-10,14,21H,11-12H2,1-2H3,(H,24,27). The maximum absolute atomic E-state index is 12.4. The predicted molar refractivity (Wildman–Crippen MR) is 104 cm³/mol. The Hall–Kier alpha value is -3.49. The molecule has 2 rings (SSSR count). The van der Waals surface area contributed by atoms with E-state index < -0.39 is 24.6 Å². The molecule has 9 heteroatoms. The summed E-state index contributed by atoms with van der Waals surface area (Å²) in [6, 6.07) is 12.1. The number of amides is 1. The van der Waals surface area contributed by atoms with Crippen LogP contribution in [0, 0.1) is 0 Å². The number of carbonyl (C=O) groups excluding carboxylic acids is 3. The van der Waals surface area contributed by atoms with Gasteiger partial charge in [-0.1, -0.05) is 12.1 Å². The van der Waals surface area contributed by atoms with E-state index in [0.717, 1.165) is 0 Å². The minimum atomic E-state index is -3.04. The number of carbonyl (C=O) groups is 3. The molecule has 0 aliphatic carbocycles. The molecule has 7 nitrogen and oxygen atoms in total. The number of ether oxygens (including phenoxy) is 3. The molecule has 0 aliphatic rings. The van der Waals surface area contributed by atoms with E-state index in [1.165, 1.54) is 38.1 Å². The molecule has 0 radical (unpaired) electrons. The van der Waals surface area contributed by atoms with Gasteiger partial charge in [0, 0.05) is 5.56 Å². The summed E-state index contributed by atoms with van der Waals surface area (Å²) in [5, 5.41) is 2.38. The lowest BCUT2D eigenvalue weighted by Crippen LogP contribution is -2.30. The van der Waals surface area contributed by atoms with Gasteiger partial charge in [0.25, 0.3) is 5.91 Å². The summed E-state index contributed by atoms with van der Waals surface area (Å²) in [7, 11) is 0. The fourth-order valence-electron chi connectivity index (χ4n) is 2.35. The lowest BCUT2D eigenvalue weighted by Gasteiger charge is -2.16. The Labute approximate surface area is 171 Å². The Morgan fingerprint density at radius 2 is 1.70 bits per heavy atom. The number of nitrogens with one attached hydrogen (secondary N) is 1. The van der Waals surface area contributed by atoms with Crippen LogP contribution < -0.4 is 14.8 Å². The average Bonchev–Trinajstić information content (AvgIpc) is 2.69. The highest BCUT2D eigenvalue weighted by Gasteiger charge is 2.20. The van der Waals surface area contributed by atoms with Crippen LogP contribution in [0.25, 0.3) is 0 Å². The third kappa shape index (κ3) is 7.16. The number of alkyl halides is 2. The van der Waals surface area contributed by atoms with E-state index >= 15 is 0 Å². The number of hydrogen-bond acceptors (Lipinski definition) is 6. The fraction of sp³-hybridized carbons (Fsp3) is 0.286. The monoisotopic (exact) mass is 421 g/mol. The minimum Gasteiger partial charge on any atom is -0.493 e. The zero-order valence-corrected chi connectivity index (χ0v) is 16.4. The zero-order valence-electron chi connectivity index (χ0n) is 16.4. The smallest absolute Gasteiger partial charge is 0.387 e. The van der Waals surface area contributed by atoms with Crippen LogP contribution in [0.5, 0.6) is 11.5 Å². The largest absolute Gasteiger partial charge is 0.493 e. The molecule has 0 aliphatic heterocycles. The molecule has 2 aromatic rings. The van der Waals surface area contributed by atoms with Crippen LogP contribution in [-0.2, 0) is 14.3 Å². The first-order valence-corrected chi connectivity index (χ1v) is 9.04. The summed E-state index contributed by atoms with van der Waals surface area (Å²) in [5.41, 5.74) is 0.574. The fourth-order valence-corrected chi connectivity index (χ4v) is 2.35. The van der Waals surface area contributed by atoms with Gasteiger partial charge in [0.2, 0.25) is 0 Å². The van der Waals surface area contributed by atoms with Crippen molar-refractivity contribution in [2.24, 2.45) is 0 Å². The molecule has 2 aromatic carbocycles. The normalized spacial score (nSPS) is 11.5. The maximum atomic E-state index is 12.4.